The highest BCUT2D eigenvalue weighted by atomic mass is 35.5. The Morgan fingerprint density at radius 3 is 2.85 bits per heavy atom. The first-order chi connectivity index (χ1) is 11.8. The van der Waals surface area contributed by atoms with Crippen LogP contribution in [-0.4, -0.2) is 42.9 Å². The van der Waals surface area contributed by atoms with E-state index in [4.69, 9.17) is 4.74 Å². The summed E-state index contributed by atoms with van der Waals surface area (Å²) in [5.74, 6) is -0.188. The van der Waals surface area contributed by atoms with Crippen molar-refractivity contribution in [2.24, 2.45) is 5.92 Å². The van der Waals surface area contributed by atoms with Gasteiger partial charge in [-0.05, 0) is 44.5 Å². The molecule has 9 heteroatoms. The van der Waals surface area contributed by atoms with Gasteiger partial charge in [0.2, 0.25) is 5.91 Å². The minimum atomic E-state index is -4.45. The van der Waals surface area contributed by atoms with Gasteiger partial charge in [0.05, 0.1) is 5.56 Å². The standard InChI is InChI=1S/C17H23F3N2O3.ClH/c1-11-7-12(5-6-21-11)16(24)22-9-14(23)10-25-15-4-2-3-13(8-15)17(18,19)20;/h2-4,8,11-12,14,21,23H,5-7,9-10H2,1H3,(H,22,24);1H/t11-,12-,14?;/m0./s1. The topological polar surface area (TPSA) is 70.6 Å². The third-order valence-electron chi connectivity index (χ3n) is 4.11. The predicted molar refractivity (Wildman–Crippen MR) is 93.4 cm³/mol. The molecule has 0 bridgehead atoms. The van der Waals surface area contributed by atoms with Gasteiger partial charge in [0.15, 0.2) is 0 Å². The second-order valence-electron chi connectivity index (χ2n) is 6.31. The minimum Gasteiger partial charge on any atom is -0.491 e. The lowest BCUT2D eigenvalue weighted by Gasteiger charge is -2.27. The van der Waals surface area contributed by atoms with Gasteiger partial charge >= 0.3 is 6.18 Å². The van der Waals surface area contributed by atoms with E-state index >= 15 is 0 Å². The lowest BCUT2D eigenvalue weighted by Crippen LogP contribution is -2.44. The molecule has 0 aliphatic carbocycles. The molecule has 0 spiro atoms. The summed E-state index contributed by atoms with van der Waals surface area (Å²) in [7, 11) is 0. The zero-order valence-corrected chi connectivity index (χ0v) is 15.2. The first kappa shape index (κ1) is 22.5. The SMILES string of the molecule is C[C@H]1C[C@@H](C(=O)NCC(O)COc2cccc(C(F)(F)F)c2)CCN1.Cl. The molecular formula is C17H24ClF3N2O3. The third-order valence-corrected chi connectivity index (χ3v) is 4.11. The number of amides is 1. The van der Waals surface area contributed by atoms with Crippen molar-refractivity contribution >= 4 is 18.3 Å². The highest BCUT2D eigenvalue weighted by Crippen LogP contribution is 2.31. The Bertz CT molecular complexity index is 587. The lowest BCUT2D eigenvalue weighted by molar-refractivity contribution is -0.137. The molecule has 0 aromatic heterocycles. The number of halogens is 4. The molecule has 1 fully saturated rings. The van der Waals surface area contributed by atoms with E-state index in [2.05, 4.69) is 10.6 Å². The van der Waals surface area contributed by atoms with Crippen molar-refractivity contribution in [1.82, 2.24) is 10.6 Å². The van der Waals surface area contributed by atoms with E-state index in [1.165, 1.54) is 12.1 Å². The molecule has 1 unspecified atom stereocenters. The van der Waals surface area contributed by atoms with Crippen molar-refractivity contribution in [3.63, 3.8) is 0 Å². The van der Waals surface area contributed by atoms with Gasteiger partial charge in [-0.25, -0.2) is 0 Å². The van der Waals surface area contributed by atoms with Crippen LogP contribution in [0.25, 0.3) is 0 Å². The van der Waals surface area contributed by atoms with E-state index in [0.717, 1.165) is 31.5 Å². The maximum absolute atomic E-state index is 12.6. The van der Waals surface area contributed by atoms with Gasteiger partial charge in [0.1, 0.15) is 18.5 Å². The second-order valence-corrected chi connectivity index (χ2v) is 6.31. The molecule has 1 aromatic carbocycles. The molecule has 0 radical (unpaired) electrons. The Morgan fingerprint density at radius 1 is 1.46 bits per heavy atom. The molecule has 2 rings (SSSR count). The average molecular weight is 397 g/mol. The normalized spacial score (nSPS) is 21.4. The number of alkyl halides is 3. The van der Waals surface area contributed by atoms with Crippen LogP contribution in [0.2, 0.25) is 0 Å². The Balaban J connectivity index is 0.00000338. The first-order valence-electron chi connectivity index (χ1n) is 8.25. The fourth-order valence-corrected chi connectivity index (χ4v) is 2.75. The Hall–Kier alpha value is -1.51. The number of carbonyl (C=O) groups is 1. The van der Waals surface area contributed by atoms with Crippen LogP contribution < -0.4 is 15.4 Å². The zero-order chi connectivity index (χ0) is 18.4. The fourth-order valence-electron chi connectivity index (χ4n) is 2.75. The summed E-state index contributed by atoms with van der Waals surface area (Å²) in [6.45, 7) is 2.58. The van der Waals surface area contributed by atoms with Crippen molar-refractivity contribution in [3.05, 3.63) is 29.8 Å². The molecule has 1 aliphatic rings. The lowest BCUT2D eigenvalue weighted by atomic mass is 9.92. The van der Waals surface area contributed by atoms with Crippen LogP contribution in [0.4, 0.5) is 13.2 Å². The van der Waals surface area contributed by atoms with E-state index in [1.54, 1.807) is 0 Å². The Morgan fingerprint density at radius 2 is 2.19 bits per heavy atom. The molecule has 3 N–H and O–H groups in total. The molecule has 1 aromatic rings. The molecule has 1 aliphatic heterocycles. The van der Waals surface area contributed by atoms with Crippen molar-refractivity contribution in [2.75, 3.05) is 19.7 Å². The maximum atomic E-state index is 12.6. The van der Waals surface area contributed by atoms with Crippen LogP contribution in [-0.2, 0) is 11.0 Å². The molecule has 26 heavy (non-hydrogen) atoms. The summed E-state index contributed by atoms with van der Waals surface area (Å²) >= 11 is 0. The predicted octanol–water partition coefficient (Wildman–Crippen LogP) is 2.37. The molecule has 5 nitrogen and oxygen atoms in total. The smallest absolute Gasteiger partial charge is 0.416 e. The van der Waals surface area contributed by atoms with Crippen molar-refractivity contribution in [3.8, 4) is 5.75 Å². The van der Waals surface area contributed by atoms with Crippen molar-refractivity contribution in [2.45, 2.75) is 38.1 Å². The van der Waals surface area contributed by atoms with Crippen LogP contribution in [0.1, 0.15) is 25.3 Å². The van der Waals surface area contributed by atoms with Crippen molar-refractivity contribution in [1.29, 1.82) is 0 Å². The summed E-state index contributed by atoms with van der Waals surface area (Å²) in [5.41, 5.74) is -0.812. The van der Waals surface area contributed by atoms with Gasteiger partial charge in [-0.1, -0.05) is 6.07 Å². The largest absolute Gasteiger partial charge is 0.491 e. The van der Waals surface area contributed by atoms with E-state index in [0.29, 0.717) is 0 Å². The van der Waals surface area contributed by atoms with Gasteiger partial charge in [-0.15, -0.1) is 12.4 Å². The molecular weight excluding hydrogens is 373 g/mol. The number of aliphatic hydroxyl groups is 1. The summed E-state index contributed by atoms with van der Waals surface area (Å²) < 4.78 is 43.1. The van der Waals surface area contributed by atoms with Crippen molar-refractivity contribution < 1.29 is 27.8 Å². The maximum Gasteiger partial charge on any atom is 0.416 e. The molecule has 148 valence electrons. The quantitative estimate of drug-likeness (QED) is 0.690. The van der Waals surface area contributed by atoms with Crippen LogP contribution in [0, 0.1) is 5.92 Å². The number of benzene rings is 1. The van der Waals surface area contributed by atoms with Gasteiger partial charge < -0.3 is 20.5 Å². The number of hydrogen-bond acceptors (Lipinski definition) is 4. The van der Waals surface area contributed by atoms with Crippen LogP contribution in [0.15, 0.2) is 24.3 Å². The number of aliphatic hydroxyl groups excluding tert-OH is 1. The number of rotatable bonds is 6. The molecule has 1 amide bonds. The minimum absolute atomic E-state index is 0. The van der Waals surface area contributed by atoms with Crippen LogP contribution in [0.5, 0.6) is 5.75 Å². The van der Waals surface area contributed by atoms with Gasteiger partial charge in [-0.3, -0.25) is 4.79 Å². The summed E-state index contributed by atoms with van der Waals surface area (Å²) in [6, 6.07) is 4.73. The van der Waals surface area contributed by atoms with Crippen LogP contribution >= 0.6 is 12.4 Å². The molecule has 0 saturated carbocycles. The summed E-state index contributed by atoms with van der Waals surface area (Å²) in [6.07, 6.45) is -3.97. The van der Waals surface area contributed by atoms with E-state index < -0.39 is 17.8 Å². The zero-order valence-electron chi connectivity index (χ0n) is 14.4. The number of ether oxygens (including phenoxy) is 1. The Kier molecular flexibility index (Phi) is 8.66. The number of piperidine rings is 1. The van der Waals surface area contributed by atoms with Crippen LogP contribution in [0.3, 0.4) is 0 Å². The highest BCUT2D eigenvalue weighted by Gasteiger charge is 2.30. The second kappa shape index (κ2) is 9.99. The third kappa shape index (κ3) is 7.01. The molecule has 1 saturated heterocycles. The summed E-state index contributed by atoms with van der Waals surface area (Å²) in [5, 5.41) is 15.8. The van der Waals surface area contributed by atoms with E-state index in [-0.39, 0.29) is 49.2 Å². The highest BCUT2D eigenvalue weighted by molar-refractivity contribution is 5.85. The average Bonchev–Trinajstić information content (AvgIpc) is 2.57. The number of hydrogen-bond donors (Lipinski definition) is 3. The fraction of sp³-hybridized carbons (Fsp3) is 0.588. The molecule has 1 heterocycles. The monoisotopic (exact) mass is 396 g/mol. The summed E-state index contributed by atoms with van der Waals surface area (Å²) in [4.78, 5) is 12.1. The number of nitrogens with one attached hydrogen (secondary N) is 2. The van der Waals surface area contributed by atoms with Gasteiger partial charge in [0.25, 0.3) is 0 Å². The van der Waals surface area contributed by atoms with Gasteiger partial charge in [0, 0.05) is 18.5 Å². The van der Waals surface area contributed by atoms with E-state index in [1.807, 2.05) is 6.92 Å². The Labute approximate surface area is 156 Å². The molecule has 3 atom stereocenters. The number of carbonyl (C=O) groups excluding carboxylic acids is 1. The first-order valence-corrected chi connectivity index (χ1v) is 8.25. The van der Waals surface area contributed by atoms with Gasteiger partial charge in [-0.2, -0.15) is 13.2 Å². The van der Waals surface area contributed by atoms with E-state index in [9.17, 15) is 23.1 Å².